The molecule has 25 heavy (non-hydrogen) atoms. The van der Waals surface area contributed by atoms with Gasteiger partial charge in [-0.2, -0.15) is 0 Å². The van der Waals surface area contributed by atoms with Gasteiger partial charge < -0.3 is 10.2 Å². The summed E-state index contributed by atoms with van der Waals surface area (Å²) in [6.45, 7) is 0.390. The molecule has 0 radical (unpaired) electrons. The van der Waals surface area contributed by atoms with E-state index in [1.807, 2.05) is 0 Å². The van der Waals surface area contributed by atoms with Gasteiger partial charge in [0.2, 0.25) is 11.8 Å². The molecular formula is C18H15Cl2FN2O2. The van der Waals surface area contributed by atoms with Crippen LogP contribution < -0.4 is 5.32 Å². The normalized spacial score (nSPS) is 17.0. The molecule has 1 fully saturated rings. The van der Waals surface area contributed by atoms with E-state index in [2.05, 4.69) is 5.32 Å². The summed E-state index contributed by atoms with van der Waals surface area (Å²) in [5.74, 6) is -1.35. The van der Waals surface area contributed by atoms with Crippen LogP contribution in [0.3, 0.4) is 0 Å². The standard InChI is InChI=1S/C18H15Cl2FN2O2/c19-13-5-6-16(14(20)8-13)22-18(25)12-7-17(24)23(10-12)9-11-3-1-2-4-15(11)21/h1-6,8,12H,7,9-10H2,(H,22,25). The van der Waals surface area contributed by atoms with E-state index in [1.165, 1.54) is 17.0 Å². The Labute approximate surface area is 154 Å². The minimum Gasteiger partial charge on any atom is -0.337 e. The molecular weight excluding hydrogens is 366 g/mol. The van der Waals surface area contributed by atoms with E-state index in [4.69, 9.17) is 23.2 Å². The number of hydrogen-bond acceptors (Lipinski definition) is 2. The summed E-state index contributed by atoms with van der Waals surface area (Å²) >= 11 is 11.9. The number of nitrogens with zero attached hydrogens (tertiary/aromatic N) is 1. The number of anilines is 1. The minimum atomic E-state index is -0.508. The van der Waals surface area contributed by atoms with Gasteiger partial charge in [0.05, 0.1) is 16.6 Å². The van der Waals surface area contributed by atoms with Crippen molar-refractivity contribution >= 4 is 40.7 Å². The molecule has 2 aromatic carbocycles. The Balaban J connectivity index is 1.65. The molecule has 4 nitrogen and oxygen atoms in total. The largest absolute Gasteiger partial charge is 0.337 e. The maximum Gasteiger partial charge on any atom is 0.229 e. The van der Waals surface area contributed by atoms with Crippen LogP contribution in [0, 0.1) is 11.7 Å². The Morgan fingerprint density at radius 1 is 1.24 bits per heavy atom. The highest BCUT2D eigenvalue weighted by atomic mass is 35.5. The molecule has 130 valence electrons. The molecule has 1 aliphatic rings. The van der Waals surface area contributed by atoms with Crippen LogP contribution in [0.2, 0.25) is 10.0 Å². The highest BCUT2D eigenvalue weighted by Gasteiger charge is 2.34. The molecule has 2 amide bonds. The third-order valence-corrected chi connectivity index (χ3v) is 4.64. The second-order valence-corrected chi connectivity index (χ2v) is 6.72. The number of nitrogens with one attached hydrogen (secondary N) is 1. The maximum absolute atomic E-state index is 13.7. The smallest absolute Gasteiger partial charge is 0.229 e. The van der Waals surface area contributed by atoms with Crippen molar-refractivity contribution in [2.45, 2.75) is 13.0 Å². The van der Waals surface area contributed by atoms with Gasteiger partial charge in [-0.25, -0.2) is 4.39 Å². The Hall–Kier alpha value is -2.11. The van der Waals surface area contributed by atoms with E-state index in [-0.39, 0.29) is 37.1 Å². The summed E-state index contributed by atoms with van der Waals surface area (Å²) in [5.41, 5.74) is 0.869. The van der Waals surface area contributed by atoms with Crippen LogP contribution in [0.4, 0.5) is 10.1 Å². The Morgan fingerprint density at radius 2 is 2.00 bits per heavy atom. The SMILES string of the molecule is O=C(Nc1ccc(Cl)cc1Cl)C1CC(=O)N(Cc2ccccc2F)C1. The van der Waals surface area contributed by atoms with Crippen molar-refractivity contribution in [1.82, 2.24) is 4.90 Å². The minimum absolute atomic E-state index is 0.0888. The predicted octanol–water partition coefficient (Wildman–Crippen LogP) is 4.12. The third kappa shape index (κ3) is 4.11. The molecule has 0 spiro atoms. The fraction of sp³-hybridized carbons (Fsp3) is 0.222. The van der Waals surface area contributed by atoms with Gasteiger partial charge in [-0.3, -0.25) is 9.59 Å². The summed E-state index contributed by atoms with van der Waals surface area (Å²) in [4.78, 5) is 26.0. The first-order chi connectivity index (χ1) is 11.9. The van der Waals surface area contributed by atoms with Crippen LogP contribution in [-0.2, 0) is 16.1 Å². The van der Waals surface area contributed by atoms with Crippen LogP contribution in [0.1, 0.15) is 12.0 Å². The predicted molar refractivity (Wildman–Crippen MR) is 95.0 cm³/mol. The lowest BCUT2D eigenvalue weighted by Crippen LogP contribution is -2.28. The summed E-state index contributed by atoms with van der Waals surface area (Å²) in [7, 11) is 0. The number of carbonyl (C=O) groups excluding carboxylic acids is 2. The van der Waals surface area contributed by atoms with Crippen LogP contribution in [0.15, 0.2) is 42.5 Å². The molecule has 0 aliphatic carbocycles. The molecule has 1 N–H and O–H groups in total. The zero-order valence-corrected chi connectivity index (χ0v) is 14.6. The average molecular weight is 381 g/mol. The molecule has 1 aliphatic heterocycles. The highest BCUT2D eigenvalue weighted by Crippen LogP contribution is 2.27. The average Bonchev–Trinajstić information content (AvgIpc) is 2.93. The second kappa shape index (κ2) is 7.42. The van der Waals surface area contributed by atoms with Crippen molar-refractivity contribution < 1.29 is 14.0 Å². The van der Waals surface area contributed by atoms with Crippen LogP contribution in [0.5, 0.6) is 0 Å². The topological polar surface area (TPSA) is 49.4 Å². The number of halogens is 3. The quantitative estimate of drug-likeness (QED) is 0.866. The fourth-order valence-electron chi connectivity index (χ4n) is 2.76. The van der Waals surface area contributed by atoms with Gasteiger partial charge in [-0.1, -0.05) is 41.4 Å². The summed E-state index contributed by atoms with van der Waals surface area (Å²) < 4.78 is 13.7. The first-order valence-corrected chi connectivity index (χ1v) is 8.46. The summed E-state index contributed by atoms with van der Waals surface area (Å²) in [6, 6.07) is 11.0. The molecule has 3 rings (SSSR count). The zero-order valence-electron chi connectivity index (χ0n) is 13.1. The molecule has 2 aromatic rings. The molecule has 1 atom stereocenters. The first kappa shape index (κ1) is 17.7. The van der Waals surface area contributed by atoms with Gasteiger partial charge >= 0.3 is 0 Å². The fourth-order valence-corrected chi connectivity index (χ4v) is 3.21. The number of hydrogen-bond donors (Lipinski definition) is 1. The van der Waals surface area contributed by atoms with E-state index in [0.717, 1.165) is 0 Å². The lowest BCUT2D eigenvalue weighted by Gasteiger charge is -2.17. The number of likely N-dealkylation sites (tertiary alicyclic amines) is 1. The maximum atomic E-state index is 13.7. The monoisotopic (exact) mass is 380 g/mol. The van der Waals surface area contributed by atoms with Crippen molar-refractivity contribution in [2.24, 2.45) is 5.92 Å². The van der Waals surface area contributed by atoms with Crippen LogP contribution >= 0.6 is 23.2 Å². The van der Waals surface area contributed by atoms with E-state index < -0.39 is 5.92 Å². The highest BCUT2D eigenvalue weighted by molar-refractivity contribution is 6.36. The van der Waals surface area contributed by atoms with E-state index in [1.54, 1.807) is 30.3 Å². The molecule has 7 heteroatoms. The number of rotatable bonds is 4. The lowest BCUT2D eigenvalue weighted by atomic mass is 10.1. The first-order valence-electron chi connectivity index (χ1n) is 7.71. The molecule has 1 heterocycles. The second-order valence-electron chi connectivity index (χ2n) is 5.88. The van der Waals surface area contributed by atoms with E-state index >= 15 is 0 Å². The van der Waals surface area contributed by atoms with Gasteiger partial charge in [0, 0.05) is 30.1 Å². The van der Waals surface area contributed by atoms with Crippen molar-refractivity contribution in [3.05, 3.63) is 63.9 Å². The van der Waals surface area contributed by atoms with Crippen molar-refractivity contribution in [3.63, 3.8) is 0 Å². The number of amides is 2. The molecule has 0 saturated carbocycles. The van der Waals surface area contributed by atoms with Crippen molar-refractivity contribution in [2.75, 3.05) is 11.9 Å². The zero-order chi connectivity index (χ0) is 18.0. The Morgan fingerprint density at radius 3 is 2.72 bits per heavy atom. The Kier molecular flexibility index (Phi) is 5.25. The number of benzene rings is 2. The van der Waals surface area contributed by atoms with E-state index in [9.17, 15) is 14.0 Å². The van der Waals surface area contributed by atoms with Crippen molar-refractivity contribution in [1.29, 1.82) is 0 Å². The molecule has 1 saturated heterocycles. The van der Waals surface area contributed by atoms with E-state index in [0.29, 0.717) is 21.3 Å². The molecule has 0 aromatic heterocycles. The molecule has 0 bridgehead atoms. The molecule has 1 unspecified atom stereocenters. The third-order valence-electron chi connectivity index (χ3n) is 4.09. The Bertz CT molecular complexity index is 828. The van der Waals surface area contributed by atoms with Gasteiger partial charge in [0.1, 0.15) is 5.82 Å². The van der Waals surface area contributed by atoms with Gasteiger partial charge in [-0.15, -0.1) is 0 Å². The van der Waals surface area contributed by atoms with Gasteiger partial charge in [-0.05, 0) is 24.3 Å². The van der Waals surface area contributed by atoms with Crippen LogP contribution in [0.25, 0.3) is 0 Å². The van der Waals surface area contributed by atoms with Crippen LogP contribution in [-0.4, -0.2) is 23.3 Å². The lowest BCUT2D eigenvalue weighted by molar-refractivity contribution is -0.128. The van der Waals surface area contributed by atoms with Crippen molar-refractivity contribution in [3.8, 4) is 0 Å². The number of carbonyl (C=O) groups is 2. The summed E-state index contributed by atoms with van der Waals surface area (Å²) in [6.07, 6.45) is 0.0888. The van der Waals surface area contributed by atoms with Gasteiger partial charge in [0.25, 0.3) is 0 Å². The summed E-state index contributed by atoms with van der Waals surface area (Å²) in [5, 5.41) is 3.51. The van der Waals surface area contributed by atoms with Gasteiger partial charge in [0.15, 0.2) is 0 Å².